The van der Waals surface area contributed by atoms with Crippen molar-refractivity contribution in [3.63, 3.8) is 0 Å². The maximum atomic E-state index is 13.1. The van der Waals surface area contributed by atoms with Crippen molar-refractivity contribution in [2.24, 2.45) is 0 Å². The highest BCUT2D eigenvalue weighted by Gasteiger charge is 2.40. The quantitative estimate of drug-likeness (QED) is 0.484. The predicted molar refractivity (Wildman–Crippen MR) is 124 cm³/mol. The number of nitrogens with one attached hydrogen (secondary N) is 3. The van der Waals surface area contributed by atoms with Gasteiger partial charge in [-0.3, -0.25) is 4.79 Å². The van der Waals surface area contributed by atoms with Gasteiger partial charge in [-0.25, -0.2) is 4.79 Å². The molecule has 1 saturated carbocycles. The van der Waals surface area contributed by atoms with Crippen molar-refractivity contribution >= 4 is 11.9 Å². The first-order valence-electron chi connectivity index (χ1n) is 12.2. The lowest BCUT2D eigenvalue weighted by atomic mass is 9.79. The number of urea groups is 1. The van der Waals surface area contributed by atoms with Gasteiger partial charge in [-0.15, -0.1) is 0 Å². The van der Waals surface area contributed by atoms with Gasteiger partial charge in [0.15, 0.2) is 0 Å². The van der Waals surface area contributed by atoms with Crippen LogP contribution in [0.15, 0.2) is 0 Å². The van der Waals surface area contributed by atoms with Gasteiger partial charge in [0.2, 0.25) is 5.91 Å². The van der Waals surface area contributed by atoms with Gasteiger partial charge in [0.05, 0.1) is 0 Å². The number of amides is 3. The van der Waals surface area contributed by atoms with E-state index in [4.69, 9.17) is 0 Å². The number of carbonyl (C=O) groups excluding carboxylic acids is 2. The summed E-state index contributed by atoms with van der Waals surface area (Å²) in [6, 6.07) is 0.508. The lowest BCUT2D eigenvalue weighted by molar-refractivity contribution is -0.135. The smallest absolute Gasteiger partial charge is 0.315 e. The molecule has 0 atom stereocenters. The zero-order chi connectivity index (χ0) is 22.2. The summed E-state index contributed by atoms with van der Waals surface area (Å²) < 4.78 is 0. The summed E-state index contributed by atoms with van der Waals surface area (Å²) >= 11 is 0. The highest BCUT2D eigenvalue weighted by molar-refractivity contribution is 5.77. The second-order valence-corrected chi connectivity index (χ2v) is 10.7. The van der Waals surface area contributed by atoms with Crippen LogP contribution in [0, 0.1) is 0 Å². The summed E-state index contributed by atoms with van der Waals surface area (Å²) in [4.78, 5) is 27.3. The Kier molecular flexibility index (Phi) is 9.45. The molecule has 0 aromatic carbocycles. The molecule has 3 N–H and O–H groups in total. The van der Waals surface area contributed by atoms with E-state index in [2.05, 4.69) is 55.5 Å². The lowest BCUT2D eigenvalue weighted by Crippen LogP contribution is -2.62. The van der Waals surface area contributed by atoms with Gasteiger partial charge in [0.1, 0.15) is 0 Å². The van der Waals surface area contributed by atoms with Crippen LogP contribution in [0.25, 0.3) is 0 Å². The Morgan fingerprint density at radius 1 is 1.00 bits per heavy atom. The second-order valence-electron chi connectivity index (χ2n) is 10.7. The van der Waals surface area contributed by atoms with Crippen LogP contribution in [0.2, 0.25) is 0 Å². The van der Waals surface area contributed by atoms with Gasteiger partial charge in [0.25, 0.3) is 0 Å². The molecular weight excluding hydrogens is 376 g/mol. The van der Waals surface area contributed by atoms with Crippen molar-refractivity contribution in [3.05, 3.63) is 0 Å². The summed E-state index contributed by atoms with van der Waals surface area (Å²) in [7, 11) is 0. The average molecular weight is 423 g/mol. The van der Waals surface area contributed by atoms with Gasteiger partial charge in [-0.2, -0.15) is 0 Å². The molecular formula is C24H46N4O2. The Labute approximate surface area is 184 Å². The van der Waals surface area contributed by atoms with Crippen LogP contribution in [0.4, 0.5) is 4.79 Å². The fourth-order valence-electron chi connectivity index (χ4n) is 5.40. The largest absolute Gasteiger partial charge is 0.340 e. The van der Waals surface area contributed by atoms with Crippen molar-refractivity contribution in [2.75, 3.05) is 13.1 Å². The van der Waals surface area contributed by atoms with E-state index < -0.39 is 0 Å². The van der Waals surface area contributed by atoms with E-state index in [-0.39, 0.29) is 29.1 Å². The summed E-state index contributed by atoms with van der Waals surface area (Å²) in [6.07, 6.45) is 11.1. The third kappa shape index (κ3) is 8.44. The highest BCUT2D eigenvalue weighted by atomic mass is 16.2. The zero-order valence-electron chi connectivity index (χ0n) is 20.1. The summed E-state index contributed by atoms with van der Waals surface area (Å²) in [5.41, 5.74) is 0.0475. The molecule has 1 heterocycles. The van der Waals surface area contributed by atoms with Crippen LogP contribution >= 0.6 is 0 Å². The van der Waals surface area contributed by atoms with Gasteiger partial charge in [-0.1, -0.05) is 32.6 Å². The van der Waals surface area contributed by atoms with Crippen molar-refractivity contribution in [1.82, 2.24) is 20.9 Å². The van der Waals surface area contributed by atoms with Gasteiger partial charge in [-0.05, 0) is 66.2 Å². The summed E-state index contributed by atoms with van der Waals surface area (Å²) in [5, 5.41) is 9.73. The molecule has 0 aromatic heterocycles. The summed E-state index contributed by atoms with van der Waals surface area (Å²) in [5.74, 6) is 0.233. The van der Waals surface area contributed by atoms with Gasteiger partial charge >= 0.3 is 6.03 Å². The standard InChI is InChI=1S/C24H46N4O2/c1-6-7-16-28(20-17-23(2,3)27-24(4,5)18-20)21(29)14-11-15-25-22(30)26-19-12-9-8-10-13-19/h19-20,27H,6-18H2,1-5H3,(H2,25,26,30). The third-order valence-corrected chi connectivity index (χ3v) is 6.48. The third-order valence-electron chi connectivity index (χ3n) is 6.48. The Bertz CT molecular complexity index is 539. The van der Waals surface area contributed by atoms with Crippen LogP contribution < -0.4 is 16.0 Å². The molecule has 2 aliphatic rings. The Morgan fingerprint density at radius 3 is 2.23 bits per heavy atom. The molecule has 1 aliphatic carbocycles. The van der Waals surface area contributed by atoms with Crippen molar-refractivity contribution in [2.45, 2.75) is 128 Å². The number of rotatable bonds is 9. The maximum Gasteiger partial charge on any atom is 0.315 e. The van der Waals surface area contributed by atoms with E-state index in [9.17, 15) is 9.59 Å². The second kappa shape index (κ2) is 11.4. The topological polar surface area (TPSA) is 73.5 Å². The first-order chi connectivity index (χ1) is 14.1. The van der Waals surface area contributed by atoms with Crippen LogP contribution in [-0.2, 0) is 4.79 Å². The van der Waals surface area contributed by atoms with Crippen molar-refractivity contribution in [3.8, 4) is 0 Å². The fourth-order valence-corrected chi connectivity index (χ4v) is 5.40. The molecule has 0 spiro atoms. The van der Waals surface area contributed by atoms with E-state index in [0.29, 0.717) is 25.4 Å². The molecule has 174 valence electrons. The van der Waals surface area contributed by atoms with Gasteiger partial charge in [0, 0.05) is 42.7 Å². The molecule has 2 fully saturated rings. The fraction of sp³-hybridized carbons (Fsp3) is 0.917. The van der Waals surface area contributed by atoms with Gasteiger partial charge < -0.3 is 20.9 Å². The molecule has 1 saturated heterocycles. The minimum Gasteiger partial charge on any atom is -0.340 e. The normalized spacial score (nSPS) is 21.8. The summed E-state index contributed by atoms with van der Waals surface area (Å²) in [6.45, 7) is 12.5. The van der Waals surface area contributed by atoms with E-state index in [1.165, 1.54) is 19.3 Å². The molecule has 0 aromatic rings. The molecule has 0 bridgehead atoms. The molecule has 6 nitrogen and oxygen atoms in total. The molecule has 3 amide bonds. The number of carbonyl (C=O) groups is 2. The number of unbranched alkanes of at least 4 members (excludes halogenated alkanes) is 1. The van der Waals surface area contributed by atoms with Crippen LogP contribution in [0.3, 0.4) is 0 Å². The number of piperidine rings is 1. The average Bonchev–Trinajstić information content (AvgIpc) is 2.64. The first kappa shape index (κ1) is 25.0. The molecule has 6 heteroatoms. The van der Waals surface area contributed by atoms with E-state index >= 15 is 0 Å². The Balaban J connectivity index is 1.80. The number of hydrogen-bond donors (Lipinski definition) is 3. The van der Waals surface area contributed by atoms with E-state index in [1.807, 2.05) is 0 Å². The first-order valence-corrected chi connectivity index (χ1v) is 12.2. The van der Waals surface area contributed by atoms with Crippen LogP contribution in [0.1, 0.15) is 105 Å². The Hall–Kier alpha value is -1.30. The molecule has 1 aliphatic heterocycles. The van der Waals surface area contributed by atoms with Crippen molar-refractivity contribution < 1.29 is 9.59 Å². The Morgan fingerprint density at radius 2 is 1.63 bits per heavy atom. The minimum atomic E-state index is -0.0842. The highest BCUT2D eigenvalue weighted by Crippen LogP contribution is 2.32. The number of hydrogen-bond acceptors (Lipinski definition) is 3. The minimum absolute atomic E-state index is 0.0237. The molecule has 0 unspecified atom stereocenters. The monoisotopic (exact) mass is 422 g/mol. The number of nitrogens with zero attached hydrogens (tertiary/aromatic N) is 1. The van der Waals surface area contributed by atoms with E-state index in [1.54, 1.807) is 0 Å². The predicted octanol–water partition coefficient (Wildman–Crippen LogP) is 4.34. The lowest BCUT2D eigenvalue weighted by Gasteiger charge is -2.49. The van der Waals surface area contributed by atoms with E-state index in [0.717, 1.165) is 45.1 Å². The SMILES string of the molecule is CCCCN(C(=O)CCCNC(=O)NC1CCCCC1)C1CC(C)(C)NC(C)(C)C1. The van der Waals surface area contributed by atoms with Crippen LogP contribution in [0.5, 0.6) is 0 Å². The molecule has 0 radical (unpaired) electrons. The zero-order valence-corrected chi connectivity index (χ0v) is 20.1. The molecule has 2 rings (SSSR count). The van der Waals surface area contributed by atoms with Crippen molar-refractivity contribution in [1.29, 1.82) is 0 Å². The maximum absolute atomic E-state index is 13.1. The molecule has 30 heavy (non-hydrogen) atoms. The van der Waals surface area contributed by atoms with Crippen LogP contribution in [-0.4, -0.2) is 53.1 Å².